The van der Waals surface area contributed by atoms with E-state index in [9.17, 15) is 18.4 Å². The van der Waals surface area contributed by atoms with Gasteiger partial charge in [-0.3, -0.25) is 4.79 Å². The highest BCUT2D eigenvalue weighted by molar-refractivity contribution is 5.89. The molecule has 20 heavy (non-hydrogen) atoms. The zero-order valence-corrected chi connectivity index (χ0v) is 11.1. The molecule has 1 aromatic carbocycles. The van der Waals surface area contributed by atoms with Gasteiger partial charge in [-0.15, -0.1) is 0 Å². The summed E-state index contributed by atoms with van der Waals surface area (Å²) in [5.74, 6) is -3.62. The third-order valence-electron chi connectivity index (χ3n) is 3.46. The molecule has 0 aromatic heterocycles. The Labute approximate surface area is 114 Å². The van der Waals surface area contributed by atoms with Crippen molar-refractivity contribution in [2.24, 2.45) is 5.92 Å². The van der Waals surface area contributed by atoms with Crippen LogP contribution >= 0.6 is 0 Å². The van der Waals surface area contributed by atoms with Gasteiger partial charge in [0.25, 0.3) is 0 Å². The normalized spacial score (nSPS) is 21.4. The van der Waals surface area contributed by atoms with Gasteiger partial charge < -0.3 is 10.4 Å². The van der Waals surface area contributed by atoms with E-state index in [2.05, 4.69) is 5.32 Å². The lowest BCUT2D eigenvalue weighted by molar-refractivity contribution is -0.146. The van der Waals surface area contributed by atoms with Crippen LogP contribution in [0.3, 0.4) is 0 Å². The van der Waals surface area contributed by atoms with Gasteiger partial charge in [-0.05, 0) is 49.9 Å². The predicted molar refractivity (Wildman–Crippen MR) is 67.1 cm³/mol. The van der Waals surface area contributed by atoms with Crippen molar-refractivity contribution in [3.63, 3.8) is 0 Å². The van der Waals surface area contributed by atoms with Crippen molar-refractivity contribution in [1.29, 1.82) is 0 Å². The number of hydrogen-bond donors (Lipinski definition) is 2. The van der Waals surface area contributed by atoms with Crippen LogP contribution in [0.25, 0.3) is 0 Å². The molecular weight excluding hydrogens is 268 g/mol. The Hall–Kier alpha value is -1.98. The number of benzene rings is 1. The van der Waals surface area contributed by atoms with E-state index in [-0.39, 0.29) is 5.56 Å². The summed E-state index contributed by atoms with van der Waals surface area (Å²) in [6.07, 6.45) is 0.391. The van der Waals surface area contributed by atoms with Gasteiger partial charge in [-0.2, -0.15) is 0 Å². The molecule has 0 radical (unpaired) electrons. The van der Waals surface area contributed by atoms with Crippen LogP contribution in [0.1, 0.15) is 31.7 Å². The zero-order chi connectivity index (χ0) is 15.1. The molecule has 0 saturated heterocycles. The number of nitrogens with one attached hydrogen (secondary N) is 1. The van der Waals surface area contributed by atoms with Gasteiger partial charge in [0.05, 0.1) is 0 Å². The number of rotatable bonds is 4. The van der Waals surface area contributed by atoms with E-state index < -0.39 is 40.9 Å². The summed E-state index contributed by atoms with van der Waals surface area (Å²) < 4.78 is 26.7. The van der Waals surface area contributed by atoms with Crippen molar-refractivity contribution in [1.82, 2.24) is 5.32 Å². The molecule has 2 N–H and O–H groups in total. The zero-order valence-electron chi connectivity index (χ0n) is 11.1. The average molecular weight is 283 g/mol. The van der Waals surface area contributed by atoms with Crippen molar-refractivity contribution in [3.8, 4) is 0 Å². The SMILES string of the molecule is CC(C)(NC(=O)C1CC1c1cc(F)ccc1F)C(=O)O. The summed E-state index contributed by atoms with van der Waals surface area (Å²) in [6.45, 7) is 2.74. The molecule has 1 aromatic rings. The van der Waals surface area contributed by atoms with Crippen LogP contribution in [0.15, 0.2) is 18.2 Å². The maximum absolute atomic E-state index is 13.6. The standard InChI is InChI=1S/C14H15F2NO3/c1-14(2,13(19)20)17-12(18)10-6-8(10)9-5-7(15)3-4-11(9)16/h3-5,8,10H,6H2,1-2H3,(H,17,18)(H,19,20). The van der Waals surface area contributed by atoms with Crippen LogP contribution < -0.4 is 5.32 Å². The van der Waals surface area contributed by atoms with Gasteiger partial charge in [0.2, 0.25) is 5.91 Å². The molecular formula is C14H15F2NO3. The number of hydrogen-bond acceptors (Lipinski definition) is 2. The van der Waals surface area contributed by atoms with Gasteiger partial charge >= 0.3 is 5.97 Å². The lowest BCUT2D eigenvalue weighted by Gasteiger charge is -2.21. The molecule has 1 aliphatic rings. The van der Waals surface area contributed by atoms with Crippen molar-refractivity contribution in [3.05, 3.63) is 35.4 Å². The Bertz CT molecular complexity index is 572. The van der Waals surface area contributed by atoms with E-state index in [1.165, 1.54) is 13.8 Å². The van der Waals surface area contributed by atoms with E-state index in [1.807, 2.05) is 0 Å². The highest BCUT2D eigenvalue weighted by Crippen LogP contribution is 2.48. The predicted octanol–water partition coefficient (Wildman–Crippen LogP) is 2.05. The first-order valence-corrected chi connectivity index (χ1v) is 6.23. The summed E-state index contributed by atoms with van der Waals surface area (Å²) in [4.78, 5) is 22.8. The fourth-order valence-electron chi connectivity index (χ4n) is 2.08. The highest BCUT2D eigenvalue weighted by atomic mass is 19.1. The Morgan fingerprint density at radius 2 is 2.00 bits per heavy atom. The molecule has 1 amide bonds. The smallest absolute Gasteiger partial charge is 0.328 e. The van der Waals surface area contributed by atoms with Gasteiger partial charge in [-0.1, -0.05) is 0 Å². The number of carbonyl (C=O) groups is 2. The van der Waals surface area contributed by atoms with Crippen LogP contribution in [-0.2, 0) is 9.59 Å². The molecule has 4 nitrogen and oxygen atoms in total. The maximum Gasteiger partial charge on any atom is 0.328 e. The third-order valence-corrected chi connectivity index (χ3v) is 3.46. The minimum Gasteiger partial charge on any atom is -0.480 e. The molecule has 0 aliphatic heterocycles. The number of carbonyl (C=O) groups excluding carboxylic acids is 1. The molecule has 2 atom stereocenters. The molecule has 6 heteroatoms. The third kappa shape index (κ3) is 2.79. The monoisotopic (exact) mass is 283 g/mol. The van der Waals surface area contributed by atoms with Gasteiger partial charge in [0.1, 0.15) is 17.2 Å². The molecule has 0 spiro atoms. The summed E-state index contributed by atoms with van der Waals surface area (Å²) in [5.41, 5.74) is -1.22. The quantitative estimate of drug-likeness (QED) is 0.888. The Balaban J connectivity index is 2.06. The van der Waals surface area contributed by atoms with Crippen molar-refractivity contribution in [2.45, 2.75) is 31.7 Å². The largest absolute Gasteiger partial charge is 0.480 e. The fourth-order valence-corrected chi connectivity index (χ4v) is 2.08. The number of aliphatic carboxylic acids is 1. The number of carboxylic acids is 1. The second-order valence-electron chi connectivity index (χ2n) is 5.53. The van der Waals surface area contributed by atoms with E-state index in [4.69, 9.17) is 5.11 Å². The molecule has 0 heterocycles. The van der Waals surface area contributed by atoms with E-state index in [1.54, 1.807) is 0 Å². The molecule has 1 aliphatic carbocycles. The first-order valence-electron chi connectivity index (χ1n) is 6.23. The lowest BCUT2D eigenvalue weighted by Crippen LogP contribution is -2.50. The first-order chi connectivity index (χ1) is 9.22. The Morgan fingerprint density at radius 1 is 1.35 bits per heavy atom. The summed E-state index contributed by atoms with van der Waals surface area (Å²) in [5, 5.41) is 11.3. The van der Waals surface area contributed by atoms with Crippen molar-refractivity contribution in [2.75, 3.05) is 0 Å². The average Bonchev–Trinajstić information content (AvgIpc) is 3.11. The topological polar surface area (TPSA) is 66.4 Å². The maximum atomic E-state index is 13.6. The van der Waals surface area contributed by atoms with Crippen LogP contribution in [0, 0.1) is 17.6 Å². The van der Waals surface area contributed by atoms with Crippen LogP contribution in [0.2, 0.25) is 0 Å². The van der Waals surface area contributed by atoms with E-state index in [0.29, 0.717) is 6.42 Å². The fraction of sp³-hybridized carbons (Fsp3) is 0.429. The minimum atomic E-state index is -1.38. The number of carboxylic acid groups (broad SMARTS) is 1. The molecule has 1 fully saturated rings. The van der Waals surface area contributed by atoms with E-state index in [0.717, 1.165) is 18.2 Å². The van der Waals surface area contributed by atoms with E-state index >= 15 is 0 Å². The summed E-state index contributed by atoms with van der Waals surface area (Å²) in [7, 11) is 0. The Morgan fingerprint density at radius 3 is 2.60 bits per heavy atom. The number of amides is 1. The van der Waals surface area contributed by atoms with Gasteiger partial charge in [0, 0.05) is 5.92 Å². The van der Waals surface area contributed by atoms with Crippen LogP contribution in [0.5, 0.6) is 0 Å². The van der Waals surface area contributed by atoms with Crippen molar-refractivity contribution >= 4 is 11.9 Å². The second kappa shape index (κ2) is 4.85. The highest BCUT2D eigenvalue weighted by Gasteiger charge is 2.47. The van der Waals surface area contributed by atoms with Gasteiger partial charge in [-0.25, -0.2) is 13.6 Å². The lowest BCUT2D eigenvalue weighted by atomic mass is 10.0. The summed E-state index contributed by atoms with van der Waals surface area (Å²) in [6, 6.07) is 3.12. The van der Waals surface area contributed by atoms with Gasteiger partial charge in [0.15, 0.2) is 0 Å². The molecule has 108 valence electrons. The molecule has 2 unspecified atom stereocenters. The second-order valence-corrected chi connectivity index (χ2v) is 5.53. The Kier molecular flexibility index (Phi) is 3.50. The van der Waals surface area contributed by atoms with Crippen LogP contribution in [0.4, 0.5) is 8.78 Å². The molecule has 2 rings (SSSR count). The summed E-state index contributed by atoms with van der Waals surface area (Å²) >= 11 is 0. The number of halogens is 2. The minimum absolute atomic E-state index is 0.165. The van der Waals surface area contributed by atoms with Crippen molar-refractivity contribution < 1.29 is 23.5 Å². The first kappa shape index (κ1) is 14.4. The molecule has 1 saturated carbocycles. The van der Waals surface area contributed by atoms with Crippen LogP contribution in [-0.4, -0.2) is 22.5 Å². The molecule has 0 bridgehead atoms.